The van der Waals surface area contributed by atoms with Crippen LogP contribution in [0.2, 0.25) is 0 Å². The highest BCUT2D eigenvalue weighted by Gasteiger charge is 2.14. The zero-order chi connectivity index (χ0) is 16.7. The Bertz CT molecular complexity index is 1020. The molecular formula is C12H13N7O4. The van der Waals surface area contributed by atoms with E-state index in [9.17, 15) is 19.7 Å². The van der Waals surface area contributed by atoms with Gasteiger partial charge in [-0.05, 0) is 0 Å². The SMILES string of the molecule is Cn1c(=O)c2c(ncn2CCn2cc([N+](=O)[O-])cn2)n(C)c1=O. The summed E-state index contributed by atoms with van der Waals surface area (Å²) in [7, 11) is 2.94. The molecule has 0 saturated heterocycles. The number of hydrogen-bond donors (Lipinski definition) is 0. The van der Waals surface area contributed by atoms with Crippen molar-refractivity contribution in [1.82, 2.24) is 28.5 Å². The second-order valence-electron chi connectivity index (χ2n) is 5.03. The molecule has 11 nitrogen and oxygen atoms in total. The van der Waals surface area contributed by atoms with Gasteiger partial charge < -0.3 is 4.57 Å². The Morgan fingerprint density at radius 2 is 1.96 bits per heavy atom. The molecule has 3 aromatic rings. The second kappa shape index (κ2) is 5.19. The maximum Gasteiger partial charge on any atom is 0.332 e. The van der Waals surface area contributed by atoms with E-state index < -0.39 is 16.2 Å². The van der Waals surface area contributed by atoms with Crippen LogP contribution < -0.4 is 11.2 Å². The summed E-state index contributed by atoms with van der Waals surface area (Å²) in [6.45, 7) is 0.661. The molecule has 11 heteroatoms. The smallest absolute Gasteiger partial charge is 0.323 e. The molecule has 0 aromatic carbocycles. The number of hydrogen-bond acceptors (Lipinski definition) is 6. The van der Waals surface area contributed by atoms with Crippen LogP contribution in [0.4, 0.5) is 5.69 Å². The lowest BCUT2D eigenvalue weighted by atomic mass is 10.5. The van der Waals surface area contributed by atoms with Crippen LogP contribution in [0.5, 0.6) is 0 Å². The Hall–Kier alpha value is -3.24. The van der Waals surface area contributed by atoms with Gasteiger partial charge in [0.25, 0.3) is 5.56 Å². The summed E-state index contributed by atoms with van der Waals surface area (Å²) in [4.78, 5) is 38.3. The average molecular weight is 319 g/mol. The van der Waals surface area contributed by atoms with E-state index >= 15 is 0 Å². The van der Waals surface area contributed by atoms with Crippen molar-refractivity contribution in [3.63, 3.8) is 0 Å². The minimum absolute atomic E-state index is 0.0983. The maximum atomic E-state index is 12.3. The molecule has 3 aromatic heterocycles. The molecule has 3 rings (SSSR count). The van der Waals surface area contributed by atoms with Crippen molar-refractivity contribution in [2.75, 3.05) is 0 Å². The molecular weight excluding hydrogens is 306 g/mol. The van der Waals surface area contributed by atoms with E-state index in [-0.39, 0.29) is 5.69 Å². The summed E-state index contributed by atoms with van der Waals surface area (Å²) in [5.74, 6) is 0. The van der Waals surface area contributed by atoms with Crippen LogP contribution in [0, 0.1) is 10.1 Å². The molecule has 0 amide bonds. The van der Waals surface area contributed by atoms with Gasteiger partial charge in [-0.2, -0.15) is 5.10 Å². The number of aryl methyl sites for hydroxylation is 3. The van der Waals surface area contributed by atoms with E-state index in [2.05, 4.69) is 10.1 Å². The van der Waals surface area contributed by atoms with Gasteiger partial charge in [-0.25, -0.2) is 9.78 Å². The van der Waals surface area contributed by atoms with Crippen LogP contribution in [-0.4, -0.2) is 33.4 Å². The van der Waals surface area contributed by atoms with Gasteiger partial charge in [0, 0.05) is 20.6 Å². The molecule has 0 fully saturated rings. The van der Waals surface area contributed by atoms with Crippen molar-refractivity contribution in [3.05, 3.63) is 49.7 Å². The normalized spacial score (nSPS) is 11.2. The lowest BCUT2D eigenvalue weighted by molar-refractivity contribution is -0.385. The zero-order valence-corrected chi connectivity index (χ0v) is 12.4. The Kier molecular flexibility index (Phi) is 3.32. The lowest BCUT2D eigenvalue weighted by Gasteiger charge is -2.06. The molecule has 0 saturated carbocycles. The molecule has 0 bridgehead atoms. The molecule has 120 valence electrons. The number of fused-ring (bicyclic) bond motifs is 1. The number of aromatic nitrogens is 6. The van der Waals surface area contributed by atoms with Crippen LogP contribution in [0.3, 0.4) is 0 Å². The molecule has 0 N–H and O–H groups in total. The van der Waals surface area contributed by atoms with Crippen molar-refractivity contribution in [2.45, 2.75) is 13.1 Å². The minimum Gasteiger partial charge on any atom is -0.323 e. The molecule has 0 aliphatic heterocycles. The second-order valence-corrected chi connectivity index (χ2v) is 5.03. The fraction of sp³-hybridized carbons (Fsp3) is 0.333. The third-order valence-corrected chi connectivity index (χ3v) is 3.62. The maximum absolute atomic E-state index is 12.3. The molecule has 0 aliphatic carbocycles. The number of nitro groups is 1. The third kappa shape index (κ3) is 2.31. The van der Waals surface area contributed by atoms with E-state index in [0.717, 1.165) is 10.8 Å². The monoisotopic (exact) mass is 319 g/mol. The predicted molar refractivity (Wildman–Crippen MR) is 79.1 cm³/mol. The van der Waals surface area contributed by atoms with Crippen LogP contribution in [0.1, 0.15) is 0 Å². The standard InChI is InChI=1S/C12H13N7O4/c1-15-10-9(11(20)16(2)12(15)21)17(7-13-10)3-4-18-6-8(5-14-18)19(22)23/h5-7H,3-4H2,1-2H3. The molecule has 0 unspecified atom stereocenters. The van der Waals surface area contributed by atoms with Gasteiger partial charge in [-0.1, -0.05) is 0 Å². The highest BCUT2D eigenvalue weighted by atomic mass is 16.6. The summed E-state index contributed by atoms with van der Waals surface area (Å²) in [6, 6.07) is 0. The molecule has 0 atom stereocenters. The van der Waals surface area contributed by atoms with Crippen LogP contribution in [-0.2, 0) is 27.2 Å². The summed E-state index contributed by atoms with van der Waals surface area (Å²) in [6.07, 6.45) is 3.94. The lowest BCUT2D eigenvalue weighted by Crippen LogP contribution is -2.37. The fourth-order valence-corrected chi connectivity index (χ4v) is 2.35. The van der Waals surface area contributed by atoms with Gasteiger partial charge >= 0.3 is 11.4 Å². The average Bonchev–Trinajstić information content (AvgIpc) is 3.15. The van der Waals surface area contributed by atoms with Crippen LogP contribution in [0.25, 0.3) is 11.2 Å². The summed E-state index contributed by atoms with van der Waals surface area (Å²) >= 11 is 0. The van der Waals surface area contributed by atoms with Crippen molar-refractivity contribution in [3.8, 4) is 0 Å². The zero-order valence-electron chi connectivity index (χ0n) is 12.4. The highest BCUT2D eigenvalue weighted by molar-refractivity contribution is 5.69. The van der Waals surface area contributed by atoms with E-state index in [1.807, 2.05) is 0 Å². The largest absolute Gasteiger partial charge is 0.332 e. The predicted octanol–water partition coefficient (Wildman–Crippen LogP) is -0.761. The molecule has 23 heavy (non-hydrogen) atoms. The Labute approximate surface area is 128 Å². The van der Waals surface area contributed by atoms with Crippen molar-refractivity contribution < 1.29 is 4.92 Å². The van der Waals surface area contributed by atoms with Crippen LogP contribution >= 0.6 is 0 Å². The Morgan fingerprint density at radius 3 is 2.61 bits per heavy atom. The van der Waals surface area contributed by atoms with E-state index in [1.54, 1.807) is 4.57 Å². The number of nitrogens with zero attached hydrogens (tertiary/aromatic N) is 7. The fourth-order valence-electron chi connectivity index (χ4n) is 2.35. The van der Waals surface area contributed by atoms with Gasteiger partial charge in [-0.3, -0.25) is 28.7 Å². The number of rotatable bonds is 4. The Morgan fingerprint density at radius 1 is 1.22 bits per heavy atom. The molecule has 3 heterocycles. The van der Waals surface area contributed by atoms with Crippen molar-refractivity contribution >= 4 is 16.9 Å². The minimum atomic E-state index is -0.526. The van der Waals surface area contributed by atoms with Gasteiger partial charge in [0.1, 0.15) is 12.4 Å². The molecule has 0 aliphatic rings. The first-order chi connectivity index (χ1) is 10.9. The quantitative estimate of drug-likeness (QED) is 0.460. The molecule has 0 spiro atoms. The first kappa shape index (κ1) is 14.7. The Balaban J connectivity index is 1.96. The first-order valence-electron chi connectivity index (χ1n) is 6.68. The third-order valence-electron chi connectivity index (χ3n) is 3.62. The summed E-state index contributed by atoms with van der Waals surface area (Å²) in [5.41, 5.74) is -0.387. The van der Waals surface area contributed by atoms with Crippen LogP contribution in [0.15, 0.2) is 28.3 Å². The van der Waals surface area contributed by atoms with Gasteiger partial charge in [-0.15, -0.1) is 0 Å². The van der Waals surface area contributed by atoms with Gasteiger partial charge in [0.15, 0.2) is 11.2 Å². The van der Waals surface area contributed by atoms with Gasteiger partial charge in [0.2, 0.25) is 0 Å². The first-order valence-corrected chi connectivity index (χ1v) is 6.68. The summed E-state index contributed by atoms with van der Waals surface area (Å²) in [5, 5.41) is 14.5. The van der Waals surface area contributed by atoms with E-state index in [1.165, 1.54) is 35.9 Å². The van der Waals surface area contributed by atoms with E-state index in [4.69, 9.17) is 0 Å². The van der Waals surface area contributed by atoms with Crippen molar-refractivity contribution in [2.24, 2.45) is 14.1 Å². The molecule has 0 radical (unpaired) electrons. The highest BCUT2D eigenvalue weighted by Crippen LogP contribution is 2.09. The van der Waals surface area contributed by atoms with Crippen molar-refractivity contribution in [1.29, 1.82) is 0 Å². The summed E-state index contributed by atoms with van der Waals surface area (Å²) < 4.78 is 5.33. The van der Waals surface area contributed by atoms with Gasteiger partial charge in [0.05, 0.1) is 17.8 Å². The van der Waals surface area contributed by atoms with E-state index in [0.29, 0.717) is 24.3 Å². The number of imidazole rings is 1. The topological polar surface area (TPSA) is 123 Å².